The monoisotopic (exact) mass is 307 g/mol. The molecule has 1 fully saturated rings. The number of hydrogen-bond donors (Lipinski definition) is 1. The molecule has 0 amide bonds. The average molecular weight is 307 g/mol. The van der Waals surface area contributed by atoms with Crippen LogP contribution in [0.2, 0.25) is 0 Å². The summed E-state index contributed by atoms with van der Waals surface area (Å²) in [7, 11) is 0. The standard InChI is InChI=1S/C19H21N3O/c1-14-7-8-15-5-2-3-6-17(15)18(14)13-22-12-16(20-21-22)11-19(23)9-4-10-19/h2-3,5-8,12,23H,4,9-11,13H2,1H3. The Balaban J connectivity index is 1.61. The molecule has 0 aliphatic heterocycles. The van der Waals surface area contributed by atoms with E-state index in [-0.39, 0.29) is 0 Å². The third-order valence-corrected chi connectivity index (χ3v) is 4.98. The van der Waals surface area contributed by atoms with Gasteiger partial charge in [-0.1, -0.05) is 41.6 Å². The number of aliphatic hydroxyl groups is 1. The van der Waals surface area contributed by atoms with Crippen LogP contribution in [0.3, 0.4) is 0 Å². The third kappa shape index (κ3) is 2.75. The quantitative estimate of drug-likeness (QED) is 0.805. The van der Waals surface area contributed by atoms with E-state index < -0.39 is 5.60 Å². The number of nitrogens with zero attached hydrogens (tertiary/aromatic N) is 3. The van der Waals surface area contributed by atoms with Crippen LogP contribution in [0.15, 0.2) is 42.6 Å². The van der Waals surface area contributed by atoms with Crippen molar-refractivity contribution < 1.29 is 5.11 Å². The predicted molar refractivity (Wildman–Crippen MR) is 90.3 cm³/mol. The van der Waals surface area contributed by atoms with E-state index in [1.807, 2.05) is 10.9 Å². The number of rotatable bonds is 4. The molecule has 118 valence electrons. The number of aromatic nitrogens is 3. The van der Waals surface area contributed by atoms with Gasteiger partial charge in [0.25, 0.3) is 0 Å². The zero-order chi connectivity index (χ0) is 15.9. The minimum absolute atomic E-state index is 0.545. The Morgan fingerprint density at radius 2 is 2.00 bits per heavy atom. The van der Waals surface area contributed by atoms with Crippen LogP contribution >= 0.6 is 0 Å². The second-order valence-corrected chi connectivity index (χ2v) is 6.74. The smallest absolute Gasteiger partial charge is 0.0855 e. The van der Waals surface area contributed by atoms with Gasteiger partial charge in [-0.3, -0.25) is 0 Å². The Morgan fingerprint density at radius 3 is 2.78 bits per heavy atom. The summed E-state index contributed by atoms with van der Waals surface area (Å²) in [5.74, 6) is 0. The fraction of sp³-hybridized carbons (Fsp3) is 0.368. The maximum absolute atomic E-state index is 10.3. The fourth-order valence-electron chi connectivity index (χ4n) is 3.41. The summed E-state index contributed by atoms with van der Waals surface area (Å²) in [5, 5.41) is 21.3. The number of benzene rings is 2. The first kappa shape index (κ1) is 14.4. The Hall–Kier alpha value is -2.20. The molecule has 1 aliphatic carbocycles. The lowest BCUT2D eigenvalue weighted by molar-refractivity contribution is -0.0330. The van der Waals surface area contributed by atoms with Crippen LogP contribution in [-0.2, 0) is 13.0 Å². The first-order valence-electron chi connectivity index (χ1n) is 8.22. The zero-order valence-corrected chi connectivity index (χ0v) is 13.4. The molecule has 1 aromatic heterocycles. The van der Waals surface area contributed by atoms with Gasteiger partial charge in [0, 0.05) is 12.6 Å². The van der Waals surface area contributed by atoms with Crippen molar-refractivity contribution in [2.75, 3.05) is 0 Å². The summed E-state index contributed by atoms with van der Waals surface area (Å²) in [6.07, 6.45) is 5.45. The molecule has 4 rings (SSSR count). The minimum atomic E-state index is -0.545. The van der Waals surface area contributed by atoms with Crippen LogP contribution in [0.25, 0.3) is 10.8 Å². The van der Waals surface area contributed by atoms with Crippen LogP contribution in [0.4, 0.5) is 0 Å². The van der Waals surface area contributed by atoms with E-state index in [9.17, 15) is 5.11 Å². The van der Waals surface area contributed by atoms with Crippen molar-refractivity contribution >= 4 is 10.8 Å². The van der Waals surface area contributed by atoms with E-state index in [1.54, 1.807) is 0 Å². The first-order valence-corrected chi connectivity index (χ1v) is 8.22. The van der Waals surface area contributed by atoms with Gasteiger partial charge < -0.3 is 5.11 Å². The summed E-state index contributed by atoms with van der Waals surface area (Å²) >= 11 is 0. The lowest BCUT2D eigenvalue weighted by atomic mass is 9.77. The van der Waals surface area contributed by atoms with E-state index >= 15 is 0 Å². The molecule has 2 aromatic carbocycles. The van der Waals surface area contributed by atoms with E-state index in [0.29, 0.717) is 13.0 Å². The van der Waals surface area contributed by atoms with Crippen molar-refractivity contribution in [2.45, 2.75) is 44.8 Å². The molecule has 0 radical (unpaired) electrons. The van der Waals surface area contributed by atoms with Gasteiger partial charge in [0.1, 0.15) is 0 Å². The first-order chi connectivity index (χ1) is 11.1. The van der Waals surface area contributed by atoms with Crippen molar-refractivity contribution in [1.82, 2.24) is 15.0 Å². The molecule has 0 bridgehead atoms. The Kier molecular flexibility index (Phi) is 3.42. The van der Waals surface area contributed by atoms with Gasteiger partial charge in [-0.25, -0.2) is 4.68 Å². The zero-order valence-electron chi connectivity index (χ0n) is 13.4. The van der Waals surface area contributed by atoms with Gasteiger partial charge in [-0.2, -0.15) is 0 Å². The van der Waals surface area contributed by atoms with Gasteiger partial charge in [0.2, 0.25) is 0 Å². The average Bonchev–Trinajstić information content (AvgIpc) is 2.96. The number of aryl methyl sites for hydroxylation is 1. The highest BCUT2D eigenvalue weighted by Crippen LogP contribution is 2.34. The molecule has 23 heavy (non-hydrogen) atoms. The van der Waals surface area contributed by atoms with Crippen molar-refractivity contribution in [3.8, 4) is 0 Å². The minimum Gasteiger partial charge on any atom is -0.389 e. The largest absolute Gasteiger partial charge is 0.389 e. The van der Waals surface area contributed by atoms with Gasteiger partial charge in [-0.15, -0.1) is 5.10 Å². The molecular formula is C19H21N3O. The van der Waals surface area contributed by atoms with Gasteiger partial charge >= 0.3 is 0 Å². The van der Waals surface area contributed by atoms with Gasteiger partial charge in [0.05, 0.1) is 17.8 Å². The molecule has 4 heteroatoms. The molecule has 0 saturated heterocycles. The summed E-state index contributed by atoms with van der Waals surface area (Å²) in [5.41, 5.74) is 2.88. The normalized spacial score (nSPS) is 16.4. The maximum Gasteiger partial charge on any atom is 0.0855 e. The molecule has 3 aromatic rings. The number of hydrogen-bond acceptors (Lipinski definition) is 3. The summed E-state index contributed by atoms with van der Waals surface area (Å²) in [6, 6.07) is 12.8. The van der Waals surface area contributed by atoms with E-state index in [1.165, 1.54) is 21.9 Å². The van der Waals surface area contributed by atoms with Crippen LogP contribution < -0.4 is 0 Å². The van der Waals surface area contributed by atoms with E-state index in [0.717, 1.165) is 25.0 Å². The van der Waals surface area contributed by atoms with Crippen LogP contribution in [0.1, 0.15) is 36.1 Å². The van der Waals surface area contributed by atoms with Crippen LogP contribution in [-0.4, -0.2) is 25.7 Å². The van der Waals surface area contributed by atoms with E-state index in [2.05, 4.69) is 53.6 Å². The molecule has 0 atom stereocenters. The summed E-state index contributed by atoms with van der Waals surface area (Å²) in [6.45, 7) is 2.84. The summed E-state index contributed by atoms with van der Waals surface area (Å²) in [4.78, 5) is 0. The molecule has 0 spiro atoms. The molecule has 4 nitrogen and oxygen atoms in total. The fourth-order valence-corrected chi connectivity index (χ4v) is 3.41. The highest BCUT2D eigenvalue weighted by Gasteiger charge is 2.35. The van der Waals surface area contributed by atoms with Crippen molar-refractivity contribution in [3.63, 3.8) is 0 Å². The predicted octanol–water partition coefficient (Wildman–Crippen LogP) is 3.25. The number of fused-ring (bicyclic) bond motifs is 1. The highest BCUT2D eigenvalue weighted by atomic mass is 16.3. The van der Waals surface area contributed by atoms with E-state index in [4.69, 9.17) is 0 Å². The van der Waals surface area contributed by atoms with Crippen LogP contribution in [0, 0.1) is 6.92 Å². The van der Waals surface area contributed by atoms with Gasteiger partial charge in [0.15, 0.2) is 0 Å². The second kappa shape index (κ2) is 5.46. The van der Waals surface area contributed by atoms with Crippen molar-refractivity contribution in [3.05, 3.63) is 59.4 Å². The topological polar surface area (TPSA) is 50.9 Å². The summed E-state index contributed by atoms with van der Waals surface area (Å²) < 4.78 is 1.88. The SMILES string of the molecule is Cc1ccc2ccccc2c1Cn1cc(CC2(O)CCC2)nn1. The Bertz CT molecular complexity index is 849. The second-order valence-electron chi connectivity index (χ2n) is 6.74. The van der Waals surface area contributed by atoms with Crippen molar-refractivity contribution in [1.29, 1.82) is 0 Å². The lowest BCUT2D eigenvalue weighted by Gasteiger charge is -2.35. The third-order valence-electron chi connectivity index (χ3n) is 4.98. The Morgan fingerprint density at radius 1 is 1.17 bits per heavy atom. The molecule has 0 unspecified atom stereocenters. The highest BCUT2D eigenvalue weighted by molar-refractivity contribution is 5.86. The molecule has 1 saturated carbocycles. The lowest BCUT2D eigenvalue weighted by Crippen LogP contribution is -2.39. The van der Waals surface area contributed by atoms with Crippen LogP contribution in [0.5, 0.6) is 0 Å². The molecule has 1 N–H and O–H groups in total. The molecule has 1 aliphatic rings. The maximum atomic E-state index is 10.3. The van der Waals surface area contributed by atoms with Gasteiger partial charge in [-0.05, 0) is 48.1 Å². The molecule has 1 heterocycles. The molecular weight excluding hydrogens is 286 g/mol. The van der Waals surface area contributed by atoms with Crippen molar-refractivity contribution in [2.24, 2.45) is 0 Å². The Labute approximate surface area is 135 Å².